The van der Waals surface area contributed by atoms with Gasteiger partial charge in [0.15, 0.2) is 0 Å². The quantitative estimate of drug-likeness (QED) is 0.659. The lowest BCUT2D eigenvalue weighted by molar-refractivity contribution is 0.0857. The van der Waals surface area contributed by atoms with E-state index in [1.54, 1.807) is 12.1 Å². The summed E-state index contributed by atoms with van der Waals surface area (Å²) in [5.74, 6) is 5.74. The largest absolute Gasteiger partial charge is 0.375 e. The van der Waals surface area contributed by atoms with Crippen molar-refractivity contribution in [3.05, 3.63) is 34.6 Å². The van der Waals surface area contributed by atoms with E-state index in [0.29, 0.717) is 18.1 Å². The molecular formula is C14H18ClFN2O. The van der Waals surface area contributed by atoms with E-state index in [0.717, 1.165) is 24.8 Å². The second kappa shape index (κ2) is 5.37. The molecule has 2 aliphatic rings. The number of hydrogen-bond donors (Lipinski definition) is 2. The lowest BCUT2D eigenvalue weighted by atomic mass is 9.82. The van der Waals surface area contributed by atoms with Crippen LogP contribution in [0.25, 0.3) is 0 Å². The summed E-state index contributed by atoms with van der Waals surface area (Å²) in [6.45, 7) is 0. The first-order chi connectivity index (χ1) is 9.17. The van der Waals surface area contributed by atoms with E-state index >= 15 is 0 Å². The molecule has 3 nitrogen and oxygen atoms in total. The van der Waals surface area contributed by atoms with Crippen molar-refractivity contribution in [3.63, 3.8) is 0 Å². The van der Waals surface area contributed by atoms with Gasteiger partial charge in [-0.15, -0.1) is 0 Å². The van der Waals surface area contributed by atoms with Crippen LogP contribution in [0.3, 0.4) is 0 Å². The fourth-order valence-corrected chi connectivity index (χ4v) is 3.56. The van der Waals surface area contributed by atoms with Gasteiger partial charge in [0.05, 0.1) is 17.2 Å². The summed E-state index contributed by atoms with van der Waals surface area (Å²) in [6, 6.07) is 4.99. The highest BCUT2D eigenvalue weighted by atomic mass is 35.5. The number of nitrogens with one attached hydrogen (secondary N) is 1. The standard InChI is InChI=1S/C14H18ClFN2O/c15-11-5-8(1-3-12(11)16)6-13(18-17)10-7-9-2-4-14(10)19-9/h1,3,5,9-10,13-14,18H,2,4,6-7,17H2. The van der Waals surface area contributed by atoms with Gasteiger partial charge in [0.25, 0.3) is 0 Å². The molecule has 0 amide bonds. The minimum absolute atomic E-state index is 0.150. The van der Waals surface area contributed by atoms with Gasteiger partial charge >= 0.3 is 0 Å². The molecular weight excluding hydrogens is 267 g/mol. The molecule has 2 heterocycles. The van der Waals surface area contributed by atoms with Crippen molar-refractivity contribution < 1.29 is 9.13 Å². The molecule has 2 fully saturated rings. The molecule has 4 unspecified atom stereocenters. The maximum atomic E-state index is 13.1. The second-order valence-corrected chi connectivity index (χ2v) is 5.91. The molecule has 5 heteroatoms. The Balaban J connectivity index is 1.71. The SMILES string of the molecule is NNC(Cc1ccc(F)c(Cl)c1)C1CC2CCC1O2. The average Bonchev–Trinajstić information content (AvgIpc) is 3.02. The van der Waals surface area contributed by atoms with Crippen LogP contribution < -0.4 is 11.3 Å². The number of fused-ring (bicyclic) bond motifs is 2. The van der Waals surface area contributed by atoms with Crippen molar-refractivity contribution in [1.29, 1.82) is 0 Å². The molecule has 0 spiro atoms. The minimum atomic E-state index is -0.383. The average molecular weight is 285 g/mol. The van der Waals surface area contributed by atoms with E-state index in [1.165, 1.54) is 12.5 Å². The summed E-state index contributed by atoms with van der Waals surface area (Å²) in [7, 11) is 0. The van der Waals surface area contributed by atoms with Gasteiger partial charge < -0.3 is 4.74 Å². The van der Waals surface area contributed by atoms with Crippen molar-refractivity contribution >= 4 is 11.6 Å². The highest BCUT2D eigenvalue weighted by Gasteiger charge is 2.44. The Hall–Kier alpha value is -0.680. The fourth-order valence-electron chi connectivity index (χ4n) is 3.35. The predicted molar refractivity (Wildman–Crippen MR) is 72.2 cm³/mol. The normalized spacial score (nSPS) is 30.8. The highest BCUT2D eigenvalue weighted by Crippen LogP contribution is 2.40. The summed E-state index contributed by atoms with van der Waals surface area (Å²) in [5.41, 5.74) is 3.89. The van der Waals surface area contributed by atoms with E-state index in [1.807, 2.05) is 0 Å². The number of halogens is 2. The zero-order valence-corrected chi connectivity index (χ0v) is 11.4. The van der Waals surface area contributed by atoms with Crippen molar-refractivity contribution in [3.8, 4) is 0 Å². The zero-order chi connectivity index (χ0) is 13.4. The molecule has 2 aliphatic heterocycles. The van der Waals surface area contributed by atoms with E-state index in [9.17, 15) is 4.39 Å². The number of ether oxygens (including phenoxy) is 1. The van der Waals surface area contributed by atoms with Gasteiger partial charge in [-0.3, -0.25) is 11.3 Å². The smallest absolute Gasteiger partial charge is 0.141 e. The molecule has 104 valence electrons. The molecule has 1 aromatic carbocycles. The summed E-state index contributed by atoms with van der Waals surface area (Å²) in [6.07, 6.45) is 4.82. The van der Waals surface area contributed by atoms with Gasteiger partial charge in [0.1, 0.15) is 5.82 Å². The minimum Gasteiger partial charge on any atom is -0.375 e. The Morgan fingerprint density at radius 1 is 1.47 bits per heavy atom. The summed E-state index contributed by atoms with van der Waals surface area (Å²) < 4.78 is 19.0. The summed E-state index contributed by atoms with van der Waals surface area (Å²) in [5, 5.41) is 0.164. The molecule has 1 aromatic rings. The summed E-state index contributed by atoms with van der Waals surface area (Å²) >= 11 is 5.81. The first kappa shape index (κ1) is 13.3. The Morgan fingerprint density at radius 2 is 2.32 bits per heavy atom. The van der Waals surface area contributed by atoms with Crippen LogP contribution in [0.1, 0.15) is 24.8 Å². The second-order valence-electron chi connectivity index (χ2n) is 5.50. The van der Waals surface area contributed by atoms with Crippen LogP contribution in [-0.2, 0) is 11.2 Å². The van der Waals surface area contributed by atoms with Crippen LogP contribution in [0.15, 0.2) is 18.2 Å². The number of nitrogens with two attached hydrogens (primary N) is 1. The predicted octanol–water partition coefficient (Wildman–Crippen LogP) is 2.42. The Kier molecular flexibility index (Phi) is 3.76. The van der Waals surface area contributed by atoms with Gasteiger partial charge in [-0.2, -0.15) is 0 Å². The third-order valence-electron chi connectivity index (χ3n) is 4.32. The maximum Gasteiger partial charge on any atom is 0.141 e. The van der Waals surface area contributed by atoms with E-state index < -0.39 is 0 Å². The molecule has 0 aromatic heterocycles. The number of benzene rings is 1. The molecule has 0 radical (unpaired) electrons. The van der Waals surface area contributed by atoms with Crippen LogP contribution in [0.5, 0.6) is 0 Å². The monoisotopic (exact) mass is 284 g/mol. The molecule has 3 N–H and O–H groups in total. The van der Waals surface area contributed by atoms with Gasteiger partial charge in [0, 0.05) is 12.0 Å². The third-order valence-corrected chi connectivity index (χ3v) is 4.61. The highest BCUT2D eigenvalue weighted by molar-refractivity contribution is 6.30. The lowest BCUT2D eigenvalue weighted by Crippen LogP contribution is -2.45. The molecule has 0 saturated carbocycles. The van der Waals surface area contributed by atoms with Gasteiger partial charge in [-0.25, -0.2) is 4.39 Å². The first-order valence-electron chi connectivity index (χ1n) is 6.73. The van der Waals surface area contributed by atoms with Crippen molar-refractivity contribution in [2.24, 2.45) is 11.8 Å². The molecule has 0 aliphatic carbocycles. The number of hydrazine groups is 1. The van der Waals surface area contributed by atoms with Crippen LogP contribution in [0, 0.1) is 11.7 Å². The molecule has 2 bridgehead atoms. The van der Waals surface area contributed by atoms with Gasteiger partial charge in [0.2, 0.25) is 0 Å². The van der Waals surface area contributed by atoms with Crippen LogP contribution >= 0.6 is 11.6 Å². The molecule has 19 heavy (non-hydrogen) atoms. The maximum absolute atomic E-state index is 13.1. The Bertz CT molecular complexity index is 471. The van der Waals surface area contributed by atoms with E-state index in [2.05, 4.69) is 5.43 Å². The molecule has 2 saturated heterocycles. The first-order valence-corrected chi connectivity index (χ1v) is 7.10. The Labute approximate surface area is 117 Å². The van der Waals surface area contributed by atoms with Crippen LogP contribution in [0.2, 0.25) is 5.02 Å². The third kappa shape index (κ3) is 2.63. The Morgan fingerprint density at radius 3 is 2.89 bits per heavy atom. The van der Waals surface area contributed by atoms with Crippen LogP contribution in [-0.4, -0.2) is 18.2 Å². The fraction of sp³-hybridized carbons (Fsp3) is 0.571. The topological polar surface area (TPSA) is 47.3 Å². The lowest BCUT2D eigenvalue weighted by Gasteiger charge is -2.28. The van der Waals surface area contributed by atoms with Crippen molar-refractivity contribution in [1.82, 2.24) is 5.43 Å². The zero-order valence-electron chi connectivity index (χ0n) is 10.6. The number of hydrogen-bond acceptors (Lipinski definition) is 3. The van der Waals surface area contributed by atoms with E-state index in [4.69, 9.17) is 22.2 Å². The van der Waals surface area contributed by atoms with Gasteiger partial charge in [-0.1, -0.05) is 17.7 Å². The number of rotatable bonds is 4. The van der Waals surface area contributed by atoms with Crippen LogP contribution in [0.4, 0.5) is 4.39 Å². The molecule has 3 rings (SSSR count). The molecule has 4 atom stereocenters. The van der Waals surface area contributed by atoms with E-state index in [-0.39, 0.29) is 16.9 Å². The van der Waals surface area contributed by atoms with Gasteiger partial charge in [-0.05, 0) is 43.4 Å². The summed E-state index contributed by atoms with van der Waals surface area (Å²) in [4.78, 5) is 0. The van der Waals surface area contributed by atoms with Crippen molar-refractivity contribution in [2.75, 3.05) is 0 Å². The van der Waals surface area contributed by atoms with Crippen molar-refractivity contribution in [2.45, 2.75) is 43.9 Å².